The van der Waals surface area contributed by atoms with E-state index >= 15 is 0 Å². The number of amides is 1. The van der Waals surface area contributed by atoms with Gasteiger partial charge in [-0.2, -0.15) is 5.10 Å². The van der Waals surface area contributed by atoms with Gasteiger partial charge in [0.1, 0.15) is 17.3 Å². The summed E-state index contributed by atoms with van der Waals surface area (Å²) in [6.45, 7) is 1.72. The van der Waals surface area contributed by atoms with Gasteiger partial charge in [-0.05, 0) is 37.3 Å². The Kier molecular flexibility index (Phi) is 4.43. The predicted octanol–water partition coefficient (Wildman–Crippen LogP) is 4.37. The van der Waals surface area contributed by atoms with E-state index in [1.807, 2.05) is 30.3 Å². The van der Waals surface area contributed by atoms with Gasteiger partial charge in [0.25, 0.3) is 5.91 Å². The monoisotopic (exact) mass is 372 g/mol. The summed E-state index contributed by atoms with van der Waals surface area (Å²) in [4.78, 5) is 11.9. The van der Waals surface area contributed by atoms with Crippen LogP contribution in [-0.4, -0.2) is 12.1 Å². The zero-order chi connectivity index (χ0) is 16.2. The minimum atomic E-state index is -0.327. The molecule has 0 saturated carbocycles. The number of hydrogen-bond acceptors (Lipinski definition) is 4. The van der Waals surface area contributed by atoms with E-state index < -0.39 is 0 Å². The van der Waals surface area contributed by atoms with E-state index in [4.69, 9.17) is 8.83 Å². The molecule has 0 saturated heterocycles. The third-order valence-corrected chi connectivity index (χ3v) is 3.75. The molecule has 1 amide bonds. The molecule has 0 aliphatic heterocycles. The summed E-state index contributed by atoms with van der Waals surface area (Å²) in [5, 5.41) is 3.89. The van der Waals surface area contributed by atoms with Crippen molar-refractivity contribution < 1.29 is 13.6 Å². The highest BCUT2D eigenvalue weighted by Crippen LogP contribution is 2.23. The highest BCUT2D eigenvalue weighted by molar-refractivity contribution is 9.10. The Bertz CT molecular complexity index is 847. The predicted molar refractivity (Wildman–Crippen MR) is 90.3 cm³/mol. The van der Waals surface area contributed by atoms with E-state index in [0.717, 1.165) is 15.8 Å². The Hall–Kier alpha value is -2.60. The SMILES string of the molecule is Cc1occc1C(=O)N/N=C/c1ccc(-c2ccc(Br)cc2)o1. The summed E-state index contributed by atoms with van der Waals surface area (Å²) >= 11 is 3.39. The van der Waals surface area contributed by atoms with Crippen molar-refractivity contribution in [2.75, 3.05) is 0 Å². The van der Waals surface area contributed by atoms with Crippen LogP contribution in [0.4, 0.5) is 0 Å². The maximum atomic E-state index is 11.9. The summed E-state index contributed by atoms with van der Waals surface area (Å²) < 4.78 is 11.8. The zero-order valence-electron chi connectivity index (χ0n) is 12.2. The van der Waals surface area contributed by atoms with E-state index in [0.29, 0.717) is 17.1 Å². The van der Waals surface area contributed by atoms with Crippen molar-refractivity contribution >= 4 is 28.1 Å². The number of hydrogen-bond donors (Lipinski definition) is 1. The van der Waals surface area contributed by atoms with Crippen LogP contribution in [0.15, 0.2) is 67.1 Å². The Morgan fingerprint density at radius 2 is 1.96 bits per heavy atom. The number of carbonyl (C=O) groups is 1. The maximum Gasteiger partial charge on any atom is 0.274 e. The first-order valence-electron chi connectivity index (χ1n) is 6.87. The lowest BCUT2D eigenvalue weighted by Crippen LogP contribution is -2.17. The van der Waals surface area contributed by atoms with E-state index in [-0.39, 0.29) is 5.91 Å². The molecule has 0 aliphatic carbocycles. The average molecular weight is 373 g/mol. The Morgan fingerprint density at radius 1 is 1.17 bits per heavy atom. The van der Waals surface area contributed by atoms with E-state index in [1.54, 1.807) is 19.1 Å². The molecule has 1 N–H and O–H groups in total. The molecular formula is C17H13BrN2O3. The van der Waals surface area contributed by atoms with Crippen molar-refractivity contribution in [1.82, 2.24) is 5.43 Å². The molecule has 23 heavy (non-hydrogen) atoms. The lowest BCUT2D eigenvalue weighted by atomic mass is 10.2. The van der Waals surface area contributed by atoms with Crippen molar-refractivity contribution in [1.29, 1.82) is 0 Å². The molecule has 5 nitrogen and oxygen atoms in total. The largest absolute Gasteiger partial charge is 0.469 e. The molecule has 0 bridgehead atoms. The second-order valence-electron chi connectivity index (χ2n) is 4.80. The number of nitrogens with zero attached hydrogens (tertiary/aromatic N) is 1. The van der Waals surface area contributed by atoms with Crippen LogP contribution in [0.3, 0.4) is 0 Å². The van der Waals surface area contributed by atoms with Crippen molar-refractivity contribution in [3.8, 4) is 11.3 Å². The molecule has 0 radical (unpaired) electrons. The fourth-order valence-electron chi connectivity index (χ4n) is 2.03. The molecule has 0 aliphatic rings. The molecule has 0 atom stereocenters. The molecule has 6 heteroatoms. The summed E-state index contributed by atoms with van der Waals surface area (Å²) in [5.74, 6) is 1.50. The average Bonchev–Trinajstić information content (AvgIpc) is 3.17. The van der Waals surface area contributed by atoms with Crippen molar-refractivity contribution in [3.05, 3.63) is 70.3 Å². The van der Waals surface area contributed by atoms with Crippen LogP contribution in [-0.2, 0) is 0 Å². The van der Waals surface area contributed by atoms with Gasteiger partial charge >= 0.3 is 0 Å². The molecule has 3 rings (SSSR count). The fourth-order valence-corrected chi connectivity index (χ4v) is 2.29. The van der Waals surface area contributed by atoms with Gasteiger partial charge in [-0.15, -0.1) is 0 Å². The minimum Gasteiger partial charge on any atom is -0.469 e. The third-order valence-electron chi connectivity index (χ3n) is 3.22. The van der Waals surface area contributed by atoms with Crippen LogP contribution >= 0.6 is 15.9 Å². The second kappa shape index (κ2) is 6.66. The number of aryl methyl sites for hydroxylation is 1. The summed E-state index contributed by atoms with van der Waals surface area (Å²) in [6, 6.07) is 13.0. The first-order chi connectivity index (χ1) is 11.1. The van der Waals surface area contributed by atoms with E-state index in [9.17, 15) is 4.79 Å². The van der Waals surface area contributed by atoms with Crippen molar-refractivity contribution in [2.45, 2.75) is 6.92 Å². The van der Waals surface area contributed by atoms with Crippen LogP contribution in [0.25, 0.3) is 11.3 Å². The number of benzene rings is 1. The zero-order valence-corrected chi connectivity index (χ0v) is 13.8. The van der Waals surface area contributed by atoms with E-state index in [2.05, 4.69) is 26.5 Å². The first-order valence-corrected chi connectivity index (χ1v) is 7.66. The standard InChI is InChI=1S/C17H13BrN2O3/c1-11-15(8-9-22-11)17(21)20-19-10-14-6-7-16(23-14)12-2-4-13(18)5-3-12/h2-10H,1H3,(H,20,21)/b19-10+. The molecular weight excluding hydrogens is 360 g/mol. The Balaban J connectivity index is 1.66. The summed E-state index contributed by atoms with van der Waals surface area (Å²) in [7, 11) is 0. The summed E-state index contributed by atoms with van der Waals surface area (Å²) in [6.07, 6.45) is 2.92. The number of hydrazone groups is 1. The van der Waals surface area contributed by atoms with Gasteiger partial charge in [0.05, 0.1) is 18.0 Å². The van der Waals surface area contributed by atoms with Gasteiger partial charge in [0.2, 0.25) is 0 Å². The van der Waals surface area contributed by atoms with E-state index in [1.165, 1.54) is 12.5 Å². The minimum absolute atomic E-state index is 0.327. The molecule has 2 heterocycles. The quantitative estimate of drug-likeness (QED) is 0.545. The first kappa shape index (κ1) is 15.3. The van der Waals surface area contributed by atoms with Gasteiger partial charge in [-0.1, -0.05) is 28.1 Å². The number of carbonyl (C=O) groups excluding carboxylic acids is 1. The van der Waals surface area contributed by atoms with Crippen LogP contribution in [0.5, 0.6) is 0 Å². The number of furan rings is 2. The van der Waals surface area contributed by atoms with Crippen molar-refractivity contribution in [2.24, 2.45) is 5.10 Å². The normalized spacial score (nSPS) is 11.0. The van der Waals surface area contributed by atoms with Crippen LogP contribution in [0, 0.1) is 6.92 Å². The molecule has 0 fully saturated rings. The van der Waals surface area contributed by atoms with Crippen LogP contribution in [0.2, 0.25) is 0 Å². The highest BCUT2D eigenvalue weighted by Gasteiger charge is 2.10. The van der Waals surface area contributed by atoms with Gasteiger partial charge in [0, 0.05) is 10.0 Å². The lowest BCUT2D eigenvalue weighted by Gasteiger charge is -1.97. The second-order valence-corrected chi connectivity index (χ2v) is 5.71. The number of rotatable bonds is 4. The van der Waals surface area contributed by atoms with Crippen LogP contribution < -0.4 is 5.43 Å². The van der Waals surface area contributed by atoms with Gasteiger partial charge < -0.3 is 8.83 Å². The molecule has 0 unspecified atom stereocenters. The molecule has 0 spiro atoms. The third kappa shape index (κ3) is 3.60. The van der Waals surface area contributed by atoms with Gasteiger partial charge in [0.15, 0.2) is 0 Å². The Morgan fingerprint density at radius 3 is 2.65 bits per heavy atom. The van der Waals surface area contributed by atoms with Crippen LogP contribution in [0.1, 0.15) is 21.9 Å². The molecule has 116 valence electrons. The lowest BCUT2D eigenvalue weighted by molar-refractivity contribution is 0.0953. The highest BCUT2D eigenvalue weighted by atomic mass is 79.9. The van der Waals surface area contributed by atoms with Crippen molar-refractivity contribution in [3.63, 3.8) is 0 Å². The molecule has 3 aromatic rings. The Labute approximate surface area is 141 Å². The fraction of sp³-hybridized carbons (Fsp3) is 0.0588. The number of nitrogens with one attached hydrogen (secondary N) is 1. The molecule has 1 aromatic carbocycles. The summed E-state index contributed by atoms with van der Waals surface area (Å²) in [5.41, 5.74) is 3.85. The molecule has 2 aromatic heterocycles. The van der Waals surface area contributed by atoms with Gasteiger partial charge in [-0.3, -0.25) is 4.79 Å². The maximum absolute atomic E-state index is 11.9. The topological polar surface area (TPSA) is 67.7 Å². The smallest absolute Gasteiger partial charge is 0.274 e. The van der Waals surface area contributed by atoms with Gasteiger partial charge in [-0.25, -0.2) is 5.43 Å². The number of halogens is 1.